The summed E-state index contributed by atoms with van der Waals surface area (Å²) in [4.78, 5) is 0. The fourth-order valence-electron chi connectivity index (χ4n) is 2.87. The SMILES string of the molecule is CCO[Si](CCC(CC1CO1)CC1CO1)(OCC)OCC. The van der Waals surface area contributed by atoms with E-state index in [2.05, 4.69) is 0 Å². The summed E-state index contributed by atoms with van der Waals surface area (Å²) >= 11 is 0. The van der Waals surface area contributed by atoms with Crippen molar-refractivity contribution < 1.29 is 22.8 Å². The summed E-state index contributed by atoms with van der Waals surface area (Å²) in [6.45, 7) is 9.81. The van der Waals surface area contributed by atoms with Crippen LogP contribution in [0.3, 0.4) is 0 Å². The van der Waals surface area contributed by atoms with Crippen LogP contribution in [-0.4, -0.2) is 54.0 Å². The first-order chi connectivity index (χ1) is 10.2. The molecule has 0 saturated carbocycles. The number of rotatable bonds is 13. The zero-order chi connectivity index (χ0) is 15.1. The van der Waals surface area contributed by atoms with Gasteiger partial charge in [0.1, 0.15) is 0 Å². The molecule has 5 nitrogen and oxygen atoms in total. The van der Waals surface area contributed by atoms with Gasteiger partial charge < -0.3 is 22.8 Å². The van der Waals surface area contributed by atoms with Gasteiger partial charge in [0, 0.05) is 25.9 Å². The Kier molecular flexibility index (Phi) is 7.11. The molecule has 2 aliphatic rings. The molecule has 124 valence electrons. The van der Waals surface area contributed by atoms with Crippen LogP contribution < -0.4 is 0 Å². The van der Waals surface area contributed by atoms with Crippen molar-refractivity contribution in [1.82, 2.24) is 0 Å². The Labute approximate surface area is 129 Å². The molecule has 0 amide bonds. The highest BCUT2D eigenvalue weighted by Gasteiger charge is 2.42. The van der Waals surface area contributed by atoms with Crippen LogP contribution in [0.1, 0.15) is 40.0 Å². The summed E-state index contributed by atoms with van der Waals surface area (Å²) in [5.41, 5.74) is 0. The lowest BCUT2D eigenvalue weighted by molar-refractivity contribution is 0.0690. The second-order valence-electron chi connectivity index (χ2n) is 5.77. The van der Waals surface area contributed by atoms with Gasteiger partial charge >= 0.3 is 8.80 Å². The number of hydrogen-bond acceptors (Lipinski definition) is 5. The van der Waals surface area contributed by atoms with Crippen LogP contribution >= 0.6 is 0 Å². The predicted octanol–water partition coefficient (Wildman–Crippen LogP) is 2.62. The van der Waals surface area contributed by atoms with Gasteiger partial charge in [0.15, 0.2) is 0 Å². The molecule has 2 atom stereocenters. The van der Waals surface area contributed by atoms with E-state index in [1.807, 2.05) is 20.8 Å². The molecule has 2 saturated heterocycles. The van der Waals surface area contributed by atoms with E-state index in [9.17, 15) is 0 Å². The molecule has 0 aromatic rings. The van der Waals surface area contributed by atoms with Gasteiger partial charge in [-0.3, -0.25) is 0 Å². The Morgan fingerprint density at radius 2 is 1.33 bits per heavy atom. The van der Waals surface area contributed by atoms with Crippen molar-refractivity contribution in [2.75, 3.05) is 33.0 Å². The largest absolute Gasteiger partial charge is 0.500 e. The highest BCUT2D eigenvalue weighted by Crippen LogP contribution is 2.32. The average Bonchev–Trinajstić information content (AvgIpc) is 3.33. The van der Waals surface area contributed by atoms with Crippen LogP contribution in [0.2, 0.25) is 6.04 Å². The van der Waals surface area contributed by atoms with Crippen molar-refractivity contribution in [3.8, 4) is 0 Å². The molecule has 0 spiro atoms. The first-order valence-electron chi connectivity index (χ1n) is 8.36. The summed E-state index contributed by atoms with van der Waals surface area (Å²) < 4.78 is 28.6. The summed E-state index contributed by atoms with van der Waals surface area (Å²) in [5.74, 6) is 0.623. The highest BCUT2D eigenvalue weighted by molar-refractivity contribution is 6.60. The Morgan fingerprint density at radius 1 is 0.905 bits per heavy atom. The van der Waals surface area contributed by atoms with Gasteiger partial charge in [0.2, 0.25) is 0 Å². The molecular weight excluding hydrogens is 288 g/mol. The van der Waals surface area contributed by atoms with E-state index in [0.717, 1.165) is 38.5 Å². The lowest BCUT2D eigenvalue weighted by Crippen LogP contribution is -2.46. The standard InChI is InChI=1S/C15H30O5Si/c1-4-18-21(19-5-2,20-6-3)8-7-13(9-14-11-16-14)10-15-12-17-15/h13-15H,4-12H2,1-3H3. The molecule has 0 bridgehead atoms. The van der Waals surface area contributed by atoms with Crippen LogP contribution in [-0.2, 0) is 22.8 Å². The molecule has 0 aliphatic carbocycles. The third kappa shape index (κ3) is 6.34. The zero-order valence-corrected chi connectivity index (χ0v) is 14.6. The molecule has 2 rings (SSSR count). The van der Waals surface area contributed by atoms with E-state index in [-0.39, 0.29) is 0 Å². The van der Waals surface area contributed by atoms with Gasteiger partial charge in [0.05, 0.1) is 25.4 Å². The van der Waals surface area contributed by atoms with E-state index < -0.39 is 8.80 Å². The van der Waals surface area contributed by atoms with E-state index in [1.165, 1.54) is 0 Å². The molecule has 21 heavy (non-hydrogen) atoms. The molecule has 0 N–H and O–H groups in total. The normalized spacial score (nSPS) is 25.9. The van der Waals surface area contributed by atoms with Gasteiger partial charge in [-0.1, -0.05) is 0 Å². The maximum atomic E-state index is 5.93. The van der Waals surface area contributed by atoms with Gasteiger partial charge in [-0.15, -0.1) is 0 Å². The molecule has 6 heteroatoms. The molecule has 2 aliphatic heterocycles. The van der Waals surface area contributed by atoms with Crippen LogP contribution in [0.25, 0.3) is 0 Å². The van der Waals surface area contributed by atoms with Gasteiger partial charge in [-0.25, -0.2) is 0 Å². The van der Waals surface area contributed by atoms with E-state index in [0.29, 0.717) is 37.9 Å². The summed E-state index contributed by atoms with van der Waals surface area (Å²) in [5, 5.41) is 0. The Bertz CT molecular complexity index is 263. The van der Waals surface area contributed by atoms with Crippen LogP contribution in [0.5, 0.6) is 0 Å². The Balaban J connectivity index is 1.85. The number of epoxide rings is 2. The van der Waals surface area contributed by atoms with Crippen molar-refractivity contribution in [3.05, 3.63) is 0 Å². The van der Waals surface area contributed by atoms with E-state index in [1.54, 1.807) is 0 Å². The average molecular weight is 318 g/mol. The number of hydrogen-bond donors (Lipinski definition) is 0. The lowest BCUT2D eigenvalue weighted by Gasteiger charge is -2.29. The molecule has 2 fully saturated rings. The maximum absolute atomic E-state index is 5.93. The smallest absolute Gasteiger partial charge is 0.374 e. The van der Waals surface area contributed by atoms with Crippen molar-refractivity contribution in [2.45, 2.75) is 58.3 Å². The third-order valence-electron chi connectivity index (χ3n) is 3.95. The van der Waals surface area contributed by atoms with Crippen molar-refractivity contribution in [1.29, 1.82) is 0 Å². The Hall–Kier alpha value is 0.0169. The quantitative estimate of drug-likeness (QED) is 0.386. The van der Waals surface area contributed by atoms with Crippen molar-refractivity contribution >= 4 is 8.80 Å². The lowest BCUT2D eigenvalue weighted by atomic mass is 9.95. The van der Waals surface area contributed by atoms with Crippen LogP contribution in [0.4, 0.5) is 0 Å². The minimum Gasteiger partial charge on any atom is -0.374 e. The fourth-order valence-corrected chi connectivity index (χ4v) is 5.63. The first kappa shape index (κ1) is 17.4. The maximum Gasteiger partial charge on any atom is 0.500 e. The fraction of sp³-hybridized carbons (Fsp3) is 1.00. The second-order valence-corrected chi connectivity index (χ2v) is 8.50. The Morgan fingerprint density at radius 3 is 1.67 bits per heavy atom. The van der Waals surface area contributed by atoms with Gasteiger partial charge in [0.25, 0.3) is 0 Å². The van der Waals surface area contributed by atoms with Crippen LogP contribution in [0.15, 0.2) is 0 Å². The molecular formula is C15H30O5Si. The molecule has 0 radical (unpaired) electrons. The zero-order valence-electron chi connectivity index (χ0n) is 13.6. The molecule has 0 aromatic carbocycles. The molecule has 0 aromatic heterocycles. The minimum absolute atomic E-state index is 0.469. The predicted molar refractivity (Wildman–Crippen MR) is 82.3 cm³/mol. The van der Waals surface area contributed by atoms with Crippen molar-refractivity contribution in [2.24, 2.45) is 5.92 Å². The van der Waals surface area contributed by atoms with Gasteiger partial charge in [-0.05, 0) is 46.0 Å². The van der Waals surface area contributed by atoms with E-state index in [4.69, 9.17) is 22.8 Å². The topological polar surface area (TPSA) is 52.8 Å². The summed E-state index contributed by atoms with van der Waals surface area (Å²) in [7, 11) is -2.50. The van der Waals surface area contributed by atoms with Crippen molar-refractivity contribution in [3.63, 3.8) is 0 Å². The van der Waals surface area contributed by atoms with Gasteiger partial charge in [-0.2, -0.15) is 0 Å². The second kappa shape index (κ2) is 8.60. The monoisotopic (exact) mass is 318 g/mol. The number of ether oxygens (including phenoxy) is 2. The molecule has 2 unspecified atom stereocenters. The molecule has 2 heterocycles. The summed E-state index contributed by atoms with van der Waals surface area (Å²) in [6, 6.07) is 0.895. The summed E-state index contributed by atoms with van der Waals surface area (Å²) in [6.07, 6.45) is 4.28. The van der Waals surface area contributed by atoms with E-state index >= 15 is 0 Å². The first-order valence-corrected chi connectivity index (χ1v) is 10.3. The minimum atomic E-state index is -2.50. The highest BCUT2D eigenvalue weighted by atomic mass is 28.4. The van der Waals surface area contributed by atoms with Crippen LogP contribution in [0, 0.1) is 5.92 Å². The third-order valence-corrected chi connectivity index (χ3v) is 7.04.